The third-order valence-corrected chi connectivity index (χ3v) is 3.09. The minimum atomic E-state index is -1.10. The molecule has 0 radical (unpaired) electrons. The van der Waals surface area contributed by atoms with Crippen LogP contribution in [-0.4, -0.2) is 0 Å². The lowest BCUT2D eigenvalue weighted by Gasteiger charge is -2.08. The molecule has 0 aliphatic rings. The third-order valence-electron chi connectivity index (χ3n) is 2.56. The minimum absolute atomic E-state index is 0.304. The van der Waals surface area contributed by atoms with Gasteiger partial charge in [0.2, 0.25) is 0 Å². The van der Waals surface area contributed by atoms with Gasteiger partial charge in [-0.1, -0.05) is 40.2 Å². The van der Waals surface area contributed by atoms with E-state index in [4.69, 9.17) is 0 Å². The van der Waals surface area contributed by atoms with Gasteiger partial charge < -0.3 is 0 Å². The zero-order valence-corrected chi connectivity index (χ0v) is 10.6. The first-order chi connectivity index (χ1) is 8.15. The van der Waals surface area contributed by atoms with E-state index >= 15 is 0 Å². The fraction of sp³-hybridized carbons (Fsp3) is 0.143. The Hall–Kier alpha value is -1.22. The molecular weight excluding hydrogens is 286 g/mol. The molecule has 1 atom stereocenters. The van der Waals surface area contributed by atoms with Gasteiger partial charge in [-0.25, -0.2) is 8.78 Å². The normalized spacial score (nSPS) is 12.4. The van der Waals surface area contributed by atoms with Crippen LogP contribution in [0, 0.1) is 5.82 Å². The van der Waals surface area contributed by atoms with Crippen molar-refractivity contribution < 1.29 is 8.78 Å². The molecule has 0 amide bonds. The van der Waals surface area contributed by atoms with Crippen molar-refractivity contribution in [2.45, 2.75) is 12.6 Å². The second-order valence-corrected chi connectivity index (χ2v) is 4.77. The first-order valence-electron chi connectivity index (χ1n) is 5.29. The summed E-state index contributed by atoms with van der Waals surface area (Å²) in [6, 6.07) is 13.0. The molecule has 0 saturated carbocycles. The number of rotatable bonds is 3. The van der Waals surface area contributed by atoms with Crippen LogP contribution in [0.25, 0.3) is 0 Å². The van der Waals surface area contributed by atoms with E-state index in [9.17, 15) is 8.78 Å². The van der Waals surface area contributed by atoms with Gasteiger partial charge in [-0.05, 0) is 35.4 Å². The molecule has 3 heteroatoms. The molecule has 2 rings (SSSR count). The smallest absolute Gasteiger partial charge is 0.129 e. The number of benzene rings is 2. The molecule has 0 spiro atoms. The van der Waals surface area contributed by atoms with Crippen LogP contribution < -0.4 is 0 Å². The SMILES string of the molecule is Fc1ccc(C(F)Cc2ccc(Br)cc2)cc1. The largest absolute Gasteiger partial charge is 0.242 e. The molecule has 2 aromatic carbocycles. The van der Waals surface area contributed by atoms with Crippen LogP contribution >= 0.6 is 15.9 Å². The highest BCUT2D eigenvalue weighted by atomic mass is 79.9. The highest BCUT2D eigenvalue weighted by Gasteiger charge is 2.10. The van der Waals surface area contributed by atoms with Crippen molar-refractivity contribution in [3.05, 3.63) is 69.9 Å². The molecule has 0 nitrogen and oxygen atoms in total. The van der Waals surface area contributed by atoms with Crippen molar-refractivity contribution in [3.63, 3.8) is 0 Å². The van der Waals surface area contributed by atoms with Crippen LogP contribution in [0.4, 0.5) is 8.78 Å². The van der Waals surface area contributed by atoms with Gasteiger partial charge in [-0.15, -0.1) is 0 Å². The van der Waals surface area contributed by atoms with Gasteiger partial charge in [0.1, 0.15) is 12.0 Å². The quantitative estimate of drug-likeness (QED) is 0.760. The Bertz CT molecular complexity index is 477. The monoisotopic (exact) mass is 296 g/mol. The summed E-state index contributed by atoms with van der Waals surface area (Å²) < 4.78 is 27.6. The zero-order chi connectivity index (χ0) is 12.3. The van der Waals surface area contributed by atoms with Gasteiger partial charge in [0.25, 0.3) is 0 Å². The zero-order valence-electron chi connectivity index (χ0n) is 9.04. The maximum atomic E-state index is 13.9. The van der Waals surface area contributed by atoms with Crippen LogP contribution in [0.2, 0.25) is 0 Å². The van der Waals surface area contributed by atoms with Gasteiger partial charge in [-0.3, -0.25) is 0 Å². The predicted octanol–water partition coefficient (Wildman–Crippen LogP) is 4.84. The summed E-state index contributed by atoms with van der Waals surface area (Å²) in [4.78, 5) is 0. The fourth-order valence-electron chi connectivity index (χ4n) is 1.62. The average molecular weight is 297 g/mol. The summed E-state index contributed by atoms with van der Waals surface area (Å²) >= 11 is 3.33. The van der Waals surface area contributed by atoms with Crippen molar-refractivity contribution in [1.29, 1.82) is 0 Å². The molecule has 0 aliphatic carbocycles. The lowest BCUT2D eigenvalue weighted by molar-refractivity contribution is 0.342. The molecule has 0 fully saturated rings. The Morgan fingerprint density at radius 2 is 1.53 bits per heavy atom. The molecule has 0 saturated heterocycles. The number of alkyl halides is 1. The standard InChI is InChI=1S/C14H11BrF2/c15-12-5-1-10(2-6-12)9-14(17)11-3-7-13(16)8-4-11/h1-8,14H,9H2. The molecule has 0 aliphatic heterocycles. The van der Waals surface area contributed by atoms with Gasteiger partial charge in [-0.2, -0.15) is 0 Å². The second kappa shape index (κ2) is 5.41. The second-order valence-electron chi connectivity index (χ2n) is 3.85. The van der Waals surface area contributed by atoms with Crippen LogP contribution in [0.15, 0.2) is 53.0 Å². The van der Waals surface area contributed by atoms with Crippen LogP contribution in [0.3, 0.4) is 0 Å². The lowest BCUT2D eigenvalue weighted by atomic mass is 10.0. The van der Waals surface area contributed by atoms with E-state index in [0.29, 0.717) is 12.0 Å². The molecule has 0 aromatic heterocycles. The van der Waals surface area contributed by atoms with Gasteiger partial charge in [0.15, 0.2) is 0 Å². The third kappa shape index (κ3) is 3.37. The van der Waals surface area contributed by atoms with E-state index < -0.39 is 6.17 Å². The summed E-state index contributed by atoms with van der Waals surface area (Å²) in [7, 11) is 0. The Labute approximate surface area is 107 Å². The van der Waals surface area contributed by atoms with E-state index in [-0.39, 0.29) is 5.82 Å². The molecule has 88 valence electrons. The predicted molar refractivity (Wildman–Crippen MR) is 68.1 cm³/mol. The van der Waals surface area contributed by atoms with Gasteiger partial charge >= 0.3 is 0 Å². The van der Waals surface area contributed by atoms with Crippen LogP contribution in [0.1, 0.15) is 17.3 Å². The summed E-state index contributed by atoms with van der Waals surface area (Å²) in [5.41, 5.74) is 1.43. The molecular formula is C14H11BrF2. The Morgan fingerprint density at radius 1 is 0.941 bits per heavy atom. The Balaban J connectivity index is 2.08. The summed E-state index contributed by atoms with van der Waals surface area (Å²) in [6.45, 7) is 0. The summed E-state index contributed by atoms with van der Waals surface area (Å²) in [5, 5.41) is 0. The maximum absolute atomic E-state index is 13.9. The molecule has 1 unspecified atom stereocenters. The van der Waals surface area contributed by atoms with Crippen molar-refractivity contribution in [3.8, 4) is 0 Å². The minimum Gasteiger partial charge on any atom is -0.242 e. The van der Waals surface area contributed by atoms with E-state index in [1.165, 1.54) is 24.3 Å². The summed E-state index contributed by atoms with van der Waals surface area (Å²) in [6.07, 6.45) is -0.796. The van der Waals surface area contributed by atoms with Crippen molar-refractivity contribution in [2.24, 2.45) is 0 Å². The average Bonchev–Trinajstić information content (AvgIpc) is 2.33. The Kier molecular flexibility index (Phi) is 3.89. The Morgan fingerprint density at radius 3 is 2.12 bits per heavy atom. The molecule has 0 N–H and O–H groups in total. The summed E-state index contributed by atoms with van der Waals surface area (Å²) in [5.74, 6) is -0.343. The molecule has 0 bridgehead atoms. The first-order valence-corrected chi connectivity index (χ1v) is 6.08. The van der Waals surface area contributed by atoms with Crippen molar-refractivity contribution in [2.75, 3.05) is 0 Å². The maximum Gasteiger partial charge on any atom is 0.129 e. The lowest BCUT2D eigenvalue weighted by Crippen LogP contribution is -1.96. The van der Waals surface area contributed by atoms with Crippen molar-refractivity contribution in [1.82, 2.24) is 0 Å². The highest BCUT2D eigenvalue weighted by Crippen LogP contribution is 2.23. The number of halogens is 3. The molecule has 17 heavy (non-hydrogen) atoms. The molecule has 0 heterocycles. The van der Waals surface area contributed by atoms with E-state index in [2.05, 4.69) is 15.9 Å². The van der Waals surface area contributed by atoms with E-state index in [0.717, 1.165) is 10.0 Å². The van der Waals surface area contributed by atoms with Gasteiger partial charge in [0, 0.05) is 10.9 Å². The van der Waals surface area contributed by atoms with Gasteiger partial charge in [0.05, 0.1) is 0 Å². The van der Waals surface area contributed by atoms with E-state index in [1.54, 1.807) is 0 Å². The van der Waals surface area contributed by atoms with Crippen molar-refractivity contribution >= 4 is 15.9 Å². The first kappa shape index (κ1) is 12.2. The van der Waals surface area contributed by atoms with Crippen LogP contribution in [-0.2, 0) is 6.42 Å². The van der Waals surface area contributed by atoms with E-state index in [1.807, 2.05) is 24.3 Å². The number of hydrogen-bond donors (Lipinski definition) is 0. The fourth-order valence-corrected chi connectivity index (χ4v) is 1.88. The number of hydrogen-bond acceptors (Lipinski definition) is 0. The van der Waals surface area contributed by atoms with Crippen LogP contribution in [0.5, 0.6) is 0 Å². The highest BCUT2D eigenvalue weighted by molar-refractivity contribution is 9.10. The topological polar surface area (TPSA) is 0 Å². The molecule has 2 aromatic rings.